The van der Waals surface area contributed by atoms with E-state index < -0.39 is 0 Å². The third kappa shape index (κ3) is 3.33. The first-order valence-corrected chi connectivity index (χ1v) is 9.66. The van der Waals surface area contributed by atoms with Crippen molar-refractivity contribution in [2.45, 2.75) is 64.0 Å². The second-order valence-electron chi connectivity index (χ2n) is 8.20. The van der Waals surface area contributed by atoms with Crippen LogP contribution in [0, 0.1) is 11.8 Å². The van der Waals surface area contributed by atoms with Gasteiger partial charge in [0.1, 0.15) is 11.5 Å². The molecule has 2 heterocycles. The van der Waals surface area contributed by atoms with Crippen molar-refractivity contribution in [3.05, 3.63) is 23.7 Å². The molecule has 0 bridgehead atoms. The van der Waals surface area contributed by atoms with E-state index >= 15 is 0 Å². The molecule has 4 rings (SSSR count). The van der Waals surface area contributed by atoms with Crippen LogP contribution in [0.3, 0.4) is 0 Å². The molecule has 2 saturated carbocycles. The lowest BCUT2D eigenvalue weighted by Gasteiger charge is -2.25. The van der Waals surface area contributed by atoms with Gasteiger partial charge >= 0.3 is 0 Å². The van der Waals surface area contributed by atoms with Crippen molar-refractivity contribution in [1.82, 2.24) is 9.80 Å². The number of furan rings is 1. The molecule has 1 aromatic heterocycles. The maximum absolute atomic E-state index is 12.8. The van der Waals surface area contributed by atoms with E-state index in [-0.39, 0.29) is 17.7 Å². The molecule has 0 unspecified atom stereocenters. The molecule has 25 heavy (non-hydrogen) atoms. The van der Waals surface area contributed by atoms with Crippen LogP contribution in [0.15, 0.2) is 16.5 Å². The molecule has 2 amide bonds. The highest BCUT2D eigenvalue weighted by atomic mass is 16.3. The number of nitrogens with zero attached hydrogens (tertiary/aromatic N) is 2. The Labute approximate surface area is 149 Å². The standard InChI is InChI=1S/C20H28N2O3/c1-13-9-17(13)18-8-7-16(25-18)12-21(2)20(24)14-10-19(23)22(11-14)15-5-3-4-6-15/h7-8,13-15,17H,3-6,9-12H2,1-2H3/t13-,14+,17+/m1/s1. The highest BCUT2D eigenvalue weighted by molar-refractivity contribution is 5.89. The Morgan fingerprint density at radius 2 is 2.04 bits per heavy atom. The second-order valence-corrected chi connectivity index (χ2v) is 8.20. The quantitative estimate of drug-likeness (QED) is 0.824. The Morgan fingerprint density at radius 3 is 2.72 bits per heavy atom. The predicted molar refractivity (Wildman–Crippen MR) is 93.8 cm³/mol. The number of hydrogen-bond donors (Lipinski definition) is 0. The topological polar surface area (TPSA) is 53.8 Å². The van der Waals surface area contributed by atoms with Crippen LogP contribution in [0.5, 0.6) is 0 Å². The van der Waals surface area contributed by atoms with E-state index in [9.17, 15) is 9.59 Å². The maximum Gasteiger partial charge on any atom is 0.228 e. The summed E-state index contributed by atoms with van der Waals surface area (Å²) in [5.41, 5.74) is 0. The number of amides is 2. The molecular formula is C20H28N2O3. The van der Waals surface area contributed by atoms with E-state index in [1.54, 1.807) is 4.90 Å². The van der Waals surface area contributed by atoms with Crippen molar-refractivity contribution < 1.29 is 14.0 Å². The van der Waals surface area contributed by atoms with Crippen LogP contribution in [0.25, 0.3) is 0 Å². The molecule has 2 aliphatic carbocycles. The Kier molecular flexibility index (Phi) is 4.34. The van der Waals surface area contributed by atoms with Gasteiger partial charge in [0.05, 0.1) is 12.5 Å². The van der Waals surface area contributed by atoms with Crippen LogP contribution in [0.4, 0.5) is 0 Å². The minimum Gasteiger partial charge on any atom is -0.464 e. The zero-order chi connectivity index (χ0) is 17.6. The summed E-state index contributed by atoms with van der Waals surface area (Å²) in [5.74, 6) is 3.17. The molecule has 5 heteroatoms. The smallest absolute Gasteiger partial charge is 0.228 e. The molecule has 136 valence electrons. The minimum atomic E-state index is -0.198. The van der Waals surface area contributed by atoms with Gasteiger partial charge in [0.15, 0.2) is 0 Å². The van der Waals surface area contributed by atoms with Crippen molar-refractivity contribution in [2.75, 3.05) is 13.6 Å². The van der Waals surface area contributed by atoms with Gasteiger partial charge in [0, 0.05) is 32.0 Å². The van der Waals surface area contributed by atoms with E-state index in [4.69, 9.17) is 4.42 Å². The summed E-state index contributed by atoms with van der Waals surface area (Å²) in [6.07, 6.45) is 6.15. The van der Waals surface area contributed by atoms with Crippen LogP contribution >= 0.6 is 0 Å². The van der Waals surface area contributed by atoms with Crippen LogP contribution in [-0.2, 0) is 16.1 Å². The number of likely N-dealkylation sites (tertiary alicyclic amines) is 1. The van der Waals surface area contributed by atoms with Gasteiger partial charge in [-0.2, -0.15) is 0 Å². The fourth-order valence-electron chi connectivity index (χ4n) is 4.49. The van der Waals surface area contributed by atoms with E-state index in [2.05, 4.69) is 6.92 Å². The summed E-state index contributed by atoms with van der Waals surface area (Å²) in [6.45, 7) is 3.30. The third-order valence-corrected chi connectivity index (χ3v) is 6.20. The first-order chi connectivity index (χ1) is 12.0. The largest absolute Gasteiger partial charge is 0.464 e. The molecule has 0 aromatic carbocycles. The molecule has 0 spiro atoms. The van der Waals surface area contributed by atoms with Gasteiger partial charge in [-0.15, -0.1) is 0 Å². The molecule has 3 aliphatic rings. The molecule has 0 radical (unpaired) electrons. The summed E-state index contributed by atoms with van der Waals surface area (Å²) in [5, 5.41) is 0. The van der Waals surface area contributed by atoms with Crippen molar-refractivity contribution in [3.8, 4) is 0 Å². The Balaban J connectivity index is 1.34. The SMILES string of the molecule is C[C@@H]1C[C@@H]1c1ccc(CN(C)C(=O)[C@H]2CC(=O)N(C3CCCC3)C2)o1. The summed E-state index contributed by atoms with van der Waals surface area (Å²) in [4.78, 5) is 28.8. The normalized spacial score (nSPS) is 29.4. The Hall–Kier alpha value is -1.78. The van der Waals surface area contributed by atoms with Crippen molar-refractivity contribution in [3.63, 3.8) is 0 Å². The van der Waals surface area contributed by atoms with E-state index in [1.165, 1.54) is 19.3 Å². The summed E-state index contributed by atoms with van der Waals surface area (Å²) in [6, 6.07) is 4.39. The number of hydrogen-bond acceptors (Lipinski definition) is 3. The average Bonchev–Trinajstić information content (AvgIpc) is 3.04. The van der Waals surface area contributed by atoms with Gasteiger partial charge in [-0.1, -0.05) is 19.8 Å². The number of carbonyl (C=O) groups excluding carboxylic acids is 2. The highest BCUT2D eigenvalue weighted by Gasteiger charge is 2.40. The lowest BCUT2D eigenvalue weighted by Crippen LogP contribution is -2.37. The molecule has 0 N–H and O–H groups in total. The van der Waals surface area contributed by atoms with E-state index in [0.717, 1.165) is 24.4 Å². The summed E-state index contributed by atoms with van der Waals surface area (Å²) in [7, 11) is 1.81. The summed E-state index contributed by atoms with van der Waals surface area (Å²) >= 11 is 0. The molecule has 1 aromatic rings. The Morgan fingerprint density at radius 1 is 1.32 bits per heavy atom. The predicted octanol–water partition coefficient (Wildman–Crippen LogP) is 3.15. The lowest BCUT2D eigenvalue weighted by molar-refractivity contribution is -0.135. The molecular weight excluding hydrogens is 316 g/mol. The zero-order valence-corrected chi connectivity index (χ0v) is 15.2. The van der Waals surface area contributed by atoms with Crippen LogP contribution in [0.1, 0.15) is 62.9 Å². The highest BCUT2D eigenvalue weighted by Crippen LogP contribution is 2.47. The van der Waals surface area contributed by atoms with Gasteiger partial charge in [-0.05, 0) is 37.3 Å². The average molecular weight is 344 g/mol. The summed E-state index contributed by atoms with van der Waals surface area (Å²) < 4.78 is 5.91. The lowest BCUT2D eigenvalue weighted by atomic mass is 10.1. The third-order valence-electron chi connectivity index (χ3n) is 6.20. The molecule has 3 atom stereocenters. The van der Waals surface area contributed by atoms with E-state index in [0.29, 0.717) is 37.4 Å². The van der Waals surface area contributed by atoms with Crippen LogP contribution in [0.2, 0.25) is 0 Å². The van der Waals surface area contributed by atoms with Crippen LogP contribution < -0.4 is 0 Å². The van der Waals surface area contributed by atoms with E-state index in [1.807, 2.05) is 24.1 Å². The number of rotatable bonds is 5. The molecule has 5 nitrogen and oxygen atoms in total. The van der Waals surface area contributed by atoms with Crippen molar-refractivity contribution >= 4 is 11.8 Å². The molecule has 1 saturated heterocycles. The maximum atomic E-state index is 12.8. The Bertz CT molecular complexity index is 662. The molecule has 1 aliphatic heterocycles. The first-order valence-electron chi connectivity index (χ1n) is 9.66. The van der Waals surface area contributed by atoms with Gasteiger partial charge in [0.2, 0.25) is 11.8 Å². The first kappa shape index (κ1) is 16.7. The fraction of sp³-hybridized carbons (Fsp3) is 0.700. The van der Waals surface area contributed by atoms with Gasteiger partial charge in [-0.25, -0.2) is 0 Å². The van der Waals surface area contributed by atoms with Gasteiger partial charge in [-0.3, -0.25) is 9.59 Å². The van der Waals surface area contributed by atoms with Crippen molar-refractivity contribution in [2.24, 2.45) is 11.8 Å². The second kappa shape index (κ2) is 6.50. The molecule has 3 fully saturated rings. The van der Waals surface area contributed by atoms with Gasteiger partial charge in [0.25, 0.3) is 0 Å². The monoisotopic (exact) mass is 344 g/mol. The van der Waals surface area contributed by atoms with Gasteiger partial charge < -0.3 is 14.2 Å². The number of carbonyl (C=O) groups is 2. The zero-order valence-electron chi connectivity index (χ0n) is 15.2. The minimum absolute atomic E-state index is 0.0617. The fourth-order valence-corrected chi connectivity index (χ4v) is 4.49. The van der Waals surface area contributed by atoms with Crippen molar-refractivity contribution in [1.29, 1.82) is 0 Å². The van der Waals surface area contributed by atoms with Crippen LogP contribution in [-0.4, -0.2) is 41.2 Å².